The summed E-state index contributed by atoms with van der Waals surface area (Å²) in [6, 6.07) is 0.863. The van der Waals surface area contributed by atoms with Gasteiger partial charge in [0.2, 0.25) is 5.91 Å². The van der Waals surface area contributed by atoms with Gasteiger partial charge < -0.3 is 26.4 Å². The molecule has 0 aromatic rings. The molecule has 0 heterocycles. The molecule has 0 saturated heterocycles. The number of aliphatic hydroxyl groups excluding tert-OH is 1. The third-order valence-electron chi connectivity index (χ3n) is 12.7. The molecule has 4 rings (SSSR count). The van der Waals surface area contributed by atoms with E-state index >= 15 is 0 Å². The third kappa shape index (κ3) is 6.76. The first-order valence-corrected chi connectivity index (χ1v) is 17.1. The summed E-state index contributed by atoms with van der Waals surface area (Å²) in [7, 11) is 2.21. The molecule has 4 fully saturated rings. The Kier molecular flexibility index (Phi) is 11.1. The zero-order valence-corrected chi connectivity index (χ0v) is 26.9. The number of nitrogens with one attached hydrogen (secondary N) is 2. The summed E-state index contributed by atoms with van der Waals surface area (Å²) < 4.78 is 0. The van der Waals surface area contributed by atoms with E-state index in [1.165, 1.54) is 51.4 Å². The van der Waals surface area contributed by atoms with Crippen molar-refractivity contribution >= 4 is 5.91 Å². The highest BCUT2D eigenvalue weighted by molar-refractivity contribution is 5.76. The average Bonchev–Trinajstić information content (AvgIpc) is 3.27. The van der Waals surface area contributed by atoms with Gasteiger partial charge in [0, 0.05) is 18.5 Å². The fraction of sp³-hybridized carbons (Fsp3) is 0.971. The minimum atomic E-state index is -0.208. The van der Waals surface area contributed by atoms with Crippen LogP contribution in [0.1, 0.15) is 112 Å². The van der Waals surface area contributed by atoms with E-state index in [4.69, 9.17) is 5.73 Å². The Hall–Kier alpha value is -0.690. The molecule has 0 aromatic carbocycles. The van der Waals surface area contributed by atoms with Gasteiger partial charge in [0.25, 0.3) is 0 Å². The number of hydrogen-bond donors (Lipinski definition) is 4. The van der Waals surface area contributed by atoms with Gasteiger partial charge in [0.05, 0.1) is 6.10 Å². The second kappa shape index (κ2) is 13.7. The smallest absolute Gasteiger partial charge is 0.220 e. The number of nitrogens with two attached hydrogens (primary N) is 1. The lowest BCUT2D eigenvalue weighted by Gasteiger charge is -2.62. The third-order valence-corrected chi connectivity index (χ3v) is 12.7. The van der Waals surface area contributed by atoms with E-state index in [2.05, 4.69) is 43.4 Å². The molecule has 0 aromatic heterocycles. The van der Waals surface area contributed by atoms with Gasteiger partial charge in [-0.2, -0.15) is 0 Å². The average molecular weight is 561 g/mol. The van der Waals surface area contributed by atoms with Gasteiger partial charge in [0.15, 0.2) is 0 Å². The molecule has 5 unspecified atom stereocenters. The molecular formula is C34H64N4O2. The molecule has 0 bridgehead atoms. The van der Waals surface area contributed by atoms with E-state index < -0.39 is 0 Å². The first kappa shape index (κ1) is 32.2. The number of aliphatic hydroxyl groups is 1. The van der Waals surface area contributed by atoms with Crippen LogP contribution in [-0.4, -0.2) is 67.3 Å². The second-order valence-corrected chi connectivity index (χ2v) is 15.4. The van der Waals surface area contributed by atoms with Crippen molar-refractivity contribution in [1.82, 2.24) is 15.5 Å². The number of amides is 1. The molecule has 40 heavy (non-hydrogen) atoms. The van der Waals surface area contributed by atoms with E-state index in [1.807, 2.05) is 13.8 Å². The van der Waals surface area contributed by atoms with Gasteiger partial charge in [-0.15, -0.1) is 0 Å². The summed E-state index contributed by atoms with van der Waals surface area (Å²) in [5.74, 6) is 4.06. The largest absolute Gasteiger partial charge is 0.393 e. The van der Waals surface area contributed by atoms with Crippen LogP contribution in [0.3, 0.4) is 0 Å². The van der Waals surface area contributed by atoms with Crippen LogP contribution < -0.4 is 16.4 Å². The Balaban J connectivity index is 1.32. The molecule has 6 nitrogen and oxygen atoms in total. The van der Waals surface area contributed by atoms with Crippen LogP contribution in [0.25, 0.3) is 0 Å². The van der Waals surface area contributed by atoms with E-state index in [0.717, 1.165) is 57.3 Å². The van der Waals surface area contributed by atoms with Crippen molar-refractivity contribution in [2.45, 2.75) is 130 Å². The molecule has 1 amide bonds. The van der Waals surface area contributed by atoms with Gasteiger partial charge in [-0.05, 0) is 164 Å². The number of rotatable bonds is 13. The number of fused-ring (bicyclic) bond motifs is 5. The summed E-state index contributed by atoms with van der Waals surface area (Å²) >= 11 is 0. The number of nitrogens with zero attached hydrogens (tertiary/aromatic N) is 1. The lowest BCUT2D eigenvalue weighted by Crippen LogP contribution is -2.59. The second-order valence-electron chi connectivity index (χ2n) is 15.4. The van der Waals surface area contributed by atoms with E-state index in [0.29, 0.717) is 41.5 Å². The quantitative estimate of drug-likeness (QED) is 0.233. The predicted octanol–water partition coefficient (Wildman–Crippen LogP) is 5.19. The Bertz CT molecular complexity index is 822. The van der Waals surface area contributed by atoms with Crippen molar-refractivity contribution in [3.05, 3.63) is 0 Å². The summed E-state index contributed by atoms with van der Waals surface area (Å²) in [5.41, 5.74) is 6.05. The molecule has 0 aliphatic heterocycles. The van der Waals surface area contributed by atoms with Gasteiger partial charge >= 0.3 is 0 Å². The lowest BCUT2D eigenvalue weighted by molar-refractivity contribution is -0.169. The Morgan fingerprint density at radius 1 is 1.02 bits per heavy atom. The summed E-state index contributed by atoms with van der Waals surface area (Å²) in [4.78, 5) is 14.8. The molecule has 10 atom stereocenters. The molecular weight excluding hydrogens is 496 g/mol. The van der Waals surface area contributed by atoms with Crippen LogP contribution in [-0.2, 0) is 4.79 Å². The van der Waals surface area contributed by atoms with Crippen LogP contribution in [0.15, 0.2) is 0 Å². The Labute approximate surface area is 246 Å². The van der Waals surface area contributed by atoms with Crippen molar-refractivity contribution in [3.63, 3.8) is 0 Å². The highest BCUT2D eigenvalue weighted by atomic mass is 16.3. The number of carbonyl (C=O) groups is 1. The number of hydrogen-bond acceptors (Lipinski definition) is 5. The maximum absolute atomic E-state index is 12.3. The van der Waals surface area contributed by atoms with Gasteiger partial charge in [-0.25, -0.2) is 0 Å². The molecule has 5 N–H and O–H groups in total. The molecule has 4 aliphatic rings. The van der Waals surface area contributed by atoms with Crippen molar-refractivity contribution in [1.29, 1.82) is 0 Å². The predicted molar refractivity (Wildman–Crippen MR) is 166 cm³/mol. The van der Waals surface area contributed by atoms with E-state index in [1.54, 1.807) is 0 Å². The summed E-state index contributed by atoms with van der Waals surface area (Å²) in [6.45, 7) is 15.6. The van der Waals surface area contributed by atoms with E-state index in [-0.39, 0.29) is 23.5 Å². The maximum atomic E-state index is 12.3. The highest BCUT2D eigenvalue weighted by Crippen LogP contribution is 2.68. The van der Waals surface area contributed by atoms with Crippen molar-refractivity contribution < 1.29 is 9.90 Å². The zero-order valence-electron chi connectivity index (χ0n) is 26.9. The summed E-state index contributed by atoms with van der Waals surface area (Å²) in [5, 5.41) is 18.9. The Morgan fingerprint density at radius 2 is 1.77 bits per heavy atom. The molecule has 6 heteroatoms. The molecule has 0 radical (unpaired) electrons. The normalized spacial score (nSPS) is 40.0. The molecule has 232 valence electrons. The SMILES string of the molecule is CC(C)NC(=O)CC[C@@H](C)C1CCC2C3CCC4C[C@@H](NCCCN(C)CCCN)CC[C@]4(C)C3C[C@H](O)[C@@]21C. The molecule has 4 aliphatic carbocycles. The van der Waals surface area contributed by atoms with Crippen LogP contribution in [0, 0.1) is 46.3 Å². The van der Waals surface area contributed by atoms with Crippen LogP contribution in [0.5, 0.6) is 0 Å². The van der Waals surface area contributed by atoms with Crippen molar-refractivity contribution in [2.75, 3.05) is 33.2 Å². The first-order valence-electron chi connectivity index (χ1n) is 17.1. The standard InChI is InChI=1S/C34H64N4O2/c1-23(2)37-32(40)14-9-24(3)28-12-13-29-27-11-10-25-21-26(36-18-8-20-38(6)19-7-17-35)15-16-33(25,4)30(27)22-31(39)34(28,29)5/h23-31,36,39H,7-22,35H2,1-6H3,(H,37,40)/t24-,25?,26+,27?,28?,29?,30?,31+,33+,34-/m1/s1. The number of carbonyl (C=O) groups excluding carboxylic acids is 1. The maximum Gasteiger partial charge on any atom is 0.220 e. The van der Waals surface area contributed by atoms with Crippen molar-refractivity contribution in [2.24, 2.45) is 52.1 Å². The monoisotopic (exact) mass is 561 g/mol. The molecule has 0 spiro atoms. The Morgan fingerprint density at radius 3 is 2.50 bits per heavy atom. The van der Waals surface area contributed by atoms with Gasteiger partial charge in [0.1, 0.15) is 0 Å². The first-order chi connectivity index (χ1) is 19.0. The summed E-state index contributed by atoms with van der Waals surface area (Å²) in [6.07, 6.45) is 13.8. The highest BCUT2D eigenvalue weighted by Gasteiger charge is 2.63. The minimum Gasteiger partial charge on any atom is -0.393 e. The van der Waals surface area contributed by atoms with Crippen molar-refractivity contribution in [3.8, 4) is 0 Å². The lowest BCUT2D eigenvalue weighted by atomic mass is 9.43. The topological polar surface area (TPSA) is 90.6 Å². The van der Waals surface area contributed by atoms with Gasteiger partial charge in [-0.1, -0.05) is 20.8 Å². The van der Waals surface area contributed by atoms with Gasteiger partial charge in [-0.3, -0.25) is 4.79 Å². The fourth-order valence-corrected chi connectivity index (χ4v) is 10.5. The van der Waals surface area contributed by atoms with Crippen LogP contribution in [0.2, 0.25) is 0 Å². The zero-order chi connectivity index (χ0) is 29.1. The van der Waals surface area contributed by atoms with E-state index in [9.17, 15) is 9.90 Å². The molecule has 4 saturated carbocycles. The van der Waals surface area contributed by atoms with Crippen LogP contribution >= 0.6 is 0 Å². The minimum absolute atomic E-state index is 0.00831. The fourth-order valence-electron chi connectivity index (χ4n) is 10.5. The van der Waals surface area contributed by atoms with Crippen LogP contribution in [0.4, 0.5) is 0 Å².